The van der Waals surface area contributed by atoms with Crippen molar-refractivity contribution >= 4 is 37.5 Å². The minimum absolute atomic E-state index is 0.538. The molecule has 0 aliphatic carbocycles. The van der Waals surface area contributed by atoms with Crippen LogP contribution < -0.4 is 15.2 Å². The second-order valence-corrected chi connectivity index (χ2v) is 6.27. The highest BCUT2D eigenvalue weighted by Crippen LogP contribution is 2.39. The van der Waals surface area contributed by atoms with Crippen molar-refractivity contribution in [1.82, 2.24) is 9.78 Å². The number of ether oxygens (including phenoxy) is 2. The molecule has 7 heteroatoms. The number of aromatic nitrogens is 2. The molecule has 0 saturated carbocycles. The summed E-state index contributed by atoms with van der Waals surface area (Å²) in [5, 5.41) is 4.40. The zero-order valence-electron chi connectivity index (χ0n) is 12.1. The molecule has 0 spiro atoms. The Hall–Kier alpha value is -1.21. The highest BCUT2D eigenvalue weighted by atomic mass is 79.9. The van der Waals surface area contributed by atoms with Crippen LogP contribution in [0.3, 0.4) is 0 Å². The van der Waals surface area contributed by atoms with Gasteiger partial charge in [-0.1, -0.05) is 13.3 Å². The smallest absolute Gasteiger partial charge is 0.241 e. The molecule has 1 heterocycles. The fraction of sp³-hybridized carbons (Fsp3) is 0.357. The zero-order valence-corrected chi connectivity index (χ0v) is 15.3. The number of aryl methyl sites for hydroxylation is 2. The first-order valence-corrected chi connectivity index (χ1v) is 8.08. The molecule has 0 aliphatic heterocycles. The van der Waals surface area contributed by atoms with Crippen LogP contribution >= 0.6 is 31.9 Å². The predicted octanol–water partition coefficient (Wildman–Crippen LogP) is 4.28. The third-order valence-corrected chi connectivity index (χ3v) is 4.25. The minimum atomic E-state index is 0.538. The highest BCUT2D eigenvalue weighted by Gasteiger charge is 2.17. The molecule has 0 fully saturated rings. The summed E-state index contributed by atoms with van der Waals surface area (Å²) in [7, 11) is 3.43. The van der Waals surface area contributed by atoms with Gasteiger partial charge in [-0.3, -0.25) is 0 Å². The number of rotatable bonds is 5. The molecule has 0 atom stereocenters. The largest absolute Gasteiger partial charge is 0.496 e. The number of methoxy groups -OCH3 is 1. The lowest BCUT2D eigenvalue weighted by molar-refractivity contribution is 0.405. The fourth-order valence-electron chi connectivity index (χ4n) is 1.97. The first kappa shape index (κ1) is 16.2. The maximum atomic E-state index is 6.12. The van der Waals surface area contributed by atoms with E-state index in [1.165, 1.54) is 0 Å². The van der Waals surface area contributed by atoms with Crippen LogP contribution in [0.2, 0.25) is 0 Å². The van der Waals surface area contributed by atoms with Gasteiger partial charge in [0.2, 0.25) is 5.88 Å². The molecule has 1 aromatic carbocycles. The van der Waals surface area contributed by atoms with Crippen LogP contribution in [-0.2, 0) is 13.5 Å². The summed E-state index contributed by atoms with van der Waals surface area (Å²) in [5.41, 5.74) is 7.56. The van der Waals surface area contributed by atoms with Crippen molar-refractivity contribution in [3.8, 4) is 17.4 Å². The fourth-order valence-corrected chi connectivity index (χ4v) is 2.86. The summed E-state index contributed by atoms with van der Waals surface area (Å²) in [4.78, 5) is 0. The third-order valence-electron chi connectivity index (χ3n) is 3.01. The average Bonchev–Trinajstić information content (AvgIpc) is 2.70. The Morgan fingerprint density at radius 3 is 2.48 bits per heavy atom. The van der Waals surface area contributed by atoms with Crippen LogP contribution in [0, 0.1) is 0 Å². The number of halogens is 2. The van der Waals surface area contributed by atoms with Gasteiger partial charge in [-0.15, -0.1) is 0 Å². The Labute approximate surface area is 140 Å². The van der Waals surface area contributed by atoms with E-state index in [1.54, 1.807) is 11.8 Å². The van der Waals surface area contributed by atoms with Crippen LogP contribution in [0.1, 0.15) is 19.0 Å². The molecule has 0 bridgehead atoms. The number of hydrogen-bond acceptors (Lipinski definition) is 4. The third kappa shape index (κ3) is 3.35. The topological polar surface area (TPSA) is 62.3 Å². The highest BCUT2D eigenvalue weighted by molar-refractivity contribution is 9.11. The summed E-state index contributed by atoms with van der Waals surface area (Å²) in [6, 6.07) is 3.66. The standard InChI is InChI=1S/C14H17Br2N3O2/c1-4-5-10-13(17)14(19(2)18-10)21-12-7-8(15)11(20-3)6-9(12)16/h6-7H,4-5,17H2,1-3H3. The van der Waals surface area contributed by atoms with Crippen LogP contribution in [0.4, 0.5) is 5.69 Å². The summed E-state index contributed by atoms with van der Waals surface area (Å²) in [6.45, 7) is 2.09. The van der Waals surface area contributed by atoms with Gasteiger partial charge in [-0.2, -0.15) is 5.10 Å². The summed E-state index contributed by atoms with van der Waals surface area (Å²) in [5.74, 6) is 1.90. The predicted molar refractivity (Wildman–Crippen MR) is 90.1 cm³/mol. The molecule has 1 aromatic heterocycles. The van der Waals surface area contributed by atoms with Gasteiger partial charge >= 0.3 is 0 Å². The number of anilines is 1. The van der Waals surface area contributed by atoms with Gasteiger partial charge in [-0.25, -0.2) is 4.68 Å². The summed E-state index contributed by atoms with van der Waals surface area (Å²) in [6.07, 6.45) is 1.81. The van der Waals surface area contributed by atoms with Gasteiger partial charge in [0.05, 0.1) is 21.7 Å². The van der Waals surface area contributed by atoms with Gasteiger partial charge in [0.25, 0.3) is 0 Å². The molecule has 0 radical (unpaired) electrons. The quantitative estimate of drug-likeness (QED) is 0.786. The SMILES string of the molecule is CCCc1nn(C)c(Oc2cc(Br)c(OC)cc2Br)c1N. The molecule has 114 valence electrons. The van der Waals surface area contributed by atoms with Crippen molar-refractivity contribution in [1.29, 1.82) is 0 Å². The second kappa shape index (κ2) is 6.70. The van der Waals surface area contributed by atoms with Crippen LogP contribution in [0.5, 0.6) is 17.4 Å². The Morgan fingerprint density at radius 1 is 1.24 bits per heavy atom. The van der Waals surface area contributed by atoms with E-state index in [9.17, 15) is 0 Å². The van der Waals surface area contributed by atoms with Crippen LogP contribution in [-0.4, -0.2) is 16.9 Å². The molecule has 2 rings (SSSR count). The number of nitrogens with two attached hydrogens (primary N) is 1. The second-order valence-electron chi connectivity index (χ2n) is 4.56. The van der Waals surface area contributed by atoms with E-state index < -0.39 is 0 Å². The molecular weight excluding hydrogens is 402 g/mol. The number of hydrogen-bond donors (Lipinski definition) is 1. The lowest BCUT2D eigenvalue weighted by Crippen LogP contribution is -1.98. The van der Waals surface area contributed by atoms with Crippen molar-refractivity contribution in [2.24, 2.45) is 7.05 Å². The van der Waals surface area contributed by atoms with Crippen molar-refractivity contribution in [3.05, 3.63) is 26.8 Å². The van der Waals surface area contributed by atoms with E-state index in [-0.39, 0.29) is 0 Å². The maximum Gasteiger partial charge on any atom is 0.241 e. The van der Waals surface area contributed by atoms with Gasteiger partial charge in [0.15, 0.2) is 0 Å². The van der Waals surface area contributed by atoms with Crippen molar-refractivity contribution in [2.75, 3.05) is 12.8 Å². The first-order chi connectivity index (χ1) is 9.97. The average molecular weight is 419 g/mol. The molecule has 21 heavy (non-hydrogen) atoms. The number of benzene rings is 1. The molecule has 0 unspecified atom stereocenters. The van der Waals surface area contributed by atoms with Gasteiger partial charge < -0.3 is 15.2 Å². The Morgan fingerprint density at radius 2 is 1.86 bits per heavy atom. The summed E-state index contributed by atoms with van der Waals surface area (Å²) >= 11 is 6.91. The number of nitrogens with zero attached hydrogens (tertiary/aromatic N) is 2. The van der Waals surface area contributed by atoms with E-state index in [0.29, 0.717) is 17.3 Å². The van der Waals surface area contributed by atoms with Gasteiger partial charge in [0.1, 0.15) is 17.2 Å². The molecule has 5 nitrogen and oxygen atoms in total. The van der Waals surface area contributed by atoms with E-state index in [4.69, 9.17) is 15.2 Å². The zero-order chi connectivity index (χ0) is 15.6. The molecule has 0 aliphatic rings. The molecule has 2 aromatic rings. The van der Waals surface area contributed by atoms with Crippen molar-refractivity contribution in [3.63, 3.8) is 0 Å². The number of nitrogen functional groups attached to an aromatic ring is 1. The van der Waals surface area contributed by atoms with Crippen molar-refractivity contribution < 1.29 is 9.47 Å². The Kier molecular flexibility index (Phi) is 5.16. The monoisotopic (exact) mass is 417 g/mol. The van der Waals surface area contributed by atoms with Crippen molar-refractivity contribution in [2.45, 2.75) is 19.8 Å². The molecular formula is C14H17Br2N3O2. The van der Waals surface area contributed by atoms with Crippen LogP contribution in [0.25, 0.3) is 0 Å². The van der Waals surface area contributed by atoms with Gasteiger partial charge in [0, 0.05) is 7.05 Å². The van der Waals surface area contributed by atoms with E-state index >= 15 is 0 Å². The Bertz CT molecular complexity index is 656. The summed E-state index contributed by atoms with van der Waals surface area (Å²) < 4.78 is 14.4. The van der Waals surface area contributed by atoms with E-state index in [1.807, 2.05) is 19.2 Å². The lowest BCUT2D eigenvalue weighted by Gasteiger charge is -2.11. The lowest BCUT2D eigenvalue weighted by atomic mass is 10.2. The van der Waals surface area contributed by atoms with Gasteiger partial charge in [-0.05, 0) is 50.4 Å². The molecule has 0 saturated heterocycles. The molecule has 2 N–H and O–H groups in total. The maximum absolute atomic E-state index is 6.12. The first-order valence-electron chi connectivity index (χ1n) is 6.50. The van der Waals surface area contributed by atoms with E-state index in [0.717, 1.165) is 33.2 Å². The Balaban J connectivity index is 2.36. The van der Waals surface area contributed by atoms with Crippen LogP contribution in [0.15, 0.2) is 21.1 Å². The normalized spacial score (nSPS) is 10.7. The minimum Gasteiger partial charge on any atom is -0.496 e. The molecule has 0 amide bonds. The van der Waals surface area contributed by atoms with E-state index in [2.05, 4.69) is 43.9 Å².